The van der Waals surface area contributed by atoms with Gasteiger partial charge in [-0.2, -0.15) is 11.8 Å². The Morgan fingerprint density at radius 3 is 2.64 bits per heavy atom. The van der Waals surface area contributed by atoms with Crippen molar-refractivity contribution in [2.24, 2.45) is 5.41 Å². The van der Waals surface area contributed by atoms with Crippen molar-refractivity contribution in [2.45, 2.75) is 45.3 Å². The second-order valence-corrected chi connectivity index (χ2v) is 5.77. The van der Waals surface area contributed by atoms with Crippen LogP contribution in [0.5, 0.6) is 0 Å². The summed E-state index contributed by atoms with van der Waals surface area (Å²) < 4.78 is 0. The zero-order valence-electron chi connectivity index (χ0n) is 9.55. The van der Waals surface area contributed by atoms with Crippen LogP contribution in [0, 0.1) is 5.41 Å². The topological polar surface area (TPSA) is 32.3 Å². The number of rotatable bonds is 6. The highest BCUT2D eigenvalue weighted by atomic mass is 32.2. The van der Waals surface area contributed by atoms with Gasteiger partial charge in [0.15, 0.2) is 0 Å². The zero-order chi connectivity index (χ0) is 10.6. The van der Waals surface area contributed by atoms with Crippen LogP contribution in [-0.2, 0) is 0 Å². The lowest BCUT2D eigenvalue weighted by atomic mass is 9.64. The van der Waals surface area contributed by atoms with Crippen molar-refractivity contribution < 1.29 is 5.11 Å². The van der Waals surface area contributed by atoms with E-state index >= 15 is 0 Å². The number of aliphatic hydroxyl groups is 1. The van der Waals surface area contributed by atoms with Gasteiger partial charge >= 0.3 is 0 Å². The van der Waals surface area contributed by atoms with E-state index in [1.807, 2.05) is 11.8 Å². The van der Waals surface area contributed by atoms with Crippen molar-refractivity contribution in [2.75, 3.05) is 18.6 Å². The first-order chi connectivity index (χ1) is 6.59. The van der Waals surface area contributed by atoms with Gasteiger partial charge in [-0.15, -0.1) is 0 Å². The summed E-state index contributed by atoms with van der Waals surface area (Å²) >= 11 is 1.91. The highest BCUT2D eigenvalue weighted by molar-refractivity contribution is 7.98. The van der Waals surface area contributed by atoms with Crippen LogP contribution in [0.3, 0.4) is 0 Å². The fourth-order valence-corrected chi connectivity index (χ4v) is 2.39. The fourth-order valence-electron chi connectivity index (χ4n) is 1.90. The number of hydrogen-bond acceptors (Lipinski definition) is 3. The van der Waals surface area contributed by atoms with Crippen molar-refractivity contribution in [3.05, 3.63) is 0 Å². The SMILES string of the molecule is CSCCCCNC1CC(O)C1(C)C. The van der Waals surface area contributed by atoms with Gasteiger partial charge in [-0.25, -0.2) is 0 Å². The minimum atomic E-state index is -0.105. The first kappa shape index (κ1) is 12.3. The number of hydrogen-bond donors (Lipinski definition) is 2. The molecule has 84 valence electrons. The second kappa shape index (κ2) is 5.38. The molecule has 2 atom stereocenters. The Labute approximate surface area is 91.9 Å². The average molecular weight is 217 g/mol. The molecular weight excluding hydrogens is 194 g/mol. The first-order valence-corrected chi connectivity index (χ1v) is 6.89. The van der Waals surface area contributed by atoms with Gasteiger partial charge in [0.05, 0.1) is 6.10 Å². The number of aliphatic hydroxyl groups excluding tert-OH is 1. The summed E-state index contributed by atoms with van der Waals surface area (Å²) in [4.78, 5) is 0. The van der Waals surface area contributed by atoms with E-state index in [-0.39, 0.29) is 11.5 Å². The Bertz CT molecular complexity index is 173. The Kier molecular flexibility index (Phi) is 4.74. The summed E-state index contributed by atoms with van der Waals surface area (Å²) in [6, 6.07) is 0.520. The third-order valence-corrected chi connectivity index (χ3v) is 4.08. The molecule has 0 aliphatic heterocycles. The number of nitrogens with one attached hydrogen (secondary N) is 1. The maximum atomic E-state index is 9.54. The largest absolute Gasteiger partial charge is 0.392 e. The lowest BCUT2D eigenvalue weighted by molar-refractivity contribution is -0.0722. The van der Waals surface area contributed by atoms with Gasteiger partial charge in [-0.1, -0.05) is 13.8 Å². The average Bonchev–Trinajstić information content (AvgIpc) is 2.16. The van der Waals surface area contributed by atoms with E-state index < -0.39 is 0 Å². The fraction of sp³-hybridized carbons (Fsp3) is 1.00. The van der Waals surface area contributed by atoms with Crippen LogP contribution in [-0.4, -0.2) is 35.8 Å². The van der Waals surface area contributed by atoms with E-state index in [0.717, 1.165) is 13.0 Å². The third-order valence-electron chi connectivity index (χ3n) is 3.38. The highest BCUT2D eigenvalue weighted by Gasteiger charge is 2.46. The molecule has 2 unspecified atom stereocenters. The molecule has 14 heavy (non-hydrogen) atoms. The van der Waals surface area contributed by atoms with Gasteiger partial charge < -0.3 is 10.4 Å². The maximum absolute atomic E-state index is 9.54. The highest BCUT2D eigenvalue weighted by Crippen LogP contribution is 2.40. The van der Waals surface area contributed by atoms with Crippen molar-refractivity contribution in [3.63, 3.8) is 0 Å². The Morgan fingerprint density at radius 1 is 1.43 bits per heavy atom. The number of unbranched alkanes of at least 4 members (excludes halogenated alkanes) is 1. The minimum Gasteiger partial charge on any atom is -0.392 e. The summed E-state index contributed by atoms with van der Waals surface area (Å²) in [5.74, 6) is 1.26. The summed E-state index contributed by atoms with van der Waals surface area (Å²) in [6.45, 7) is 5.38. The van der Waals surface area contributed by atoms with Gasteiger partial charge in [0.2, 0.25) is 0 Å². The summed E-state index contributed by atoms with van der Waals surface area (Å²) in [5, 5.41) is 13.1. The molecule has 0 spiro atoms. The van der Waals surface area contributed by atoms with E-state index in [1.165, 1.54) is 18.6 Å². The monoisotopic (exact) mass is 217 g/mol. The number of thioether (sulfide) groups is 1. The van der Waals surface area contributed by atoms with E-state index in [4.69, 9.17) is 0 Å². The van der Waals surface area contributed by atoms with Crippen LogP contribution < -0.4 is 5.32 Å². The quantitative estimate of drug-likeness (QED) is 0.666. The van der Waals surface area contributed by atoms with Gasteiger partial charge in [0, 0.05) is 11.5 Å². The first-order valence-electron chi connectivity index (χ1n) is 5.49. The predicted octanol–water partition coefficient (Wildman–Crippen LogP) is 1.88. The van der Waals surface area contributed by atoms with Gasteiger partial charge in [-0.05, 0) is 37.8 Å². The maximum Gasteiger partial charge on any atom is 0.0621 e. The zero-order valence-corrected chi connectivity index (χ0v) is 10.4. The molecule has 0 amide bonds. The lowest BCUT2D eigenvalue weighted by Gasteiger charge is -2.49. The van der Waals surface area contributed by atoms with E-state index in [2.05, 4.69) is 25.4 Å². The van der Waals surface area contributed by atoms with Crippen molar-refractivity contribution in [1.82, 2.24) is 5.32 Å². The molecule has 0 aromatic rings. The standard InChI is InChI=1S/C11H23NOS/c1-11(2)9(8-10(11)13)12-6-4-5-7-14-3/h9-10,12-13H,4-8H2,1-3H3. The predicted molar refractivity (Wildman–Crippen MR) is 63.8 cm³/mol. The smallest absolute Gasteiger partial charge is 0.0621 e. The van der Waals surface area contributed by atoms with E-state index in [1.54, 1.807) is 0 Å². The summed E-state index contributed by atoms with van der Waals surface area (Å²) in [7, 11) is 0. The Balaban J connectivity index is 2.03. The molecule has 0 saturated heterocycles. The molecule has 1 fully saturated rings. The molecular formula is C11H23NOS. The van der Waals surface area contributed by atoms with Crippen LogP contribution in [0.15, 0.2) is 0 Å². The second-order valence-electron chi connectivity index (χ2n) is 4.78. The van der Waals surface area contributed by atoms with Crippen LogP contribution in [0.4, 0.5) is 0 Å². The van der Waals surface area contributed by atoms with E-state index in [9.17, 15) is 5.11 Å². The summed E-state index contributed by atoms with van der Waals surface area (Å²) in [5.41, 5.74) is 0.0828. The van der Waals surface area contributed by atoms with Crippen LogP contribution >= 0.6 is 11.8 Å². The lowest BCUT2D eigenvalue weighted by Crippen LogP contribution is -2.60. The molecule has 0 aromatic carbocycles. The third kappa shape index (κ3) is 2.88. The molecule has 0 radical (unpaired) electrons. The van der Waals surface area contributed by atoms with Gasteiger partial charge in [0.1, 0.15) is 0 Å². The normalized spacial score (nSPS) is 30.0. The van der Waals surface area contributed by atoms with Gasteiger partial charge in [-0.3, -0.25) is 0 Å². The molecule has 0 heterocycles. The van der Waals surface area contributed by atoms with Crippen molar-refractivity contribution in [1.29, 1.82) is 0 Å². The Hall–Kier alpha value is 0.270. The molecule has 2 N–H and O–H groups in total. The van der Waals surface area contributed by atoms with E-state index in [0.29, 0.717) is 6.04 Å². The molecule has 3 heteroatoms. The Morgan fingerprint density at radius 2 is 2.14 bits per heavy atom. The molecule has 0 aromatic heterocycles. The molecule has 1 rings (SSSR count). The molecule has 2 nitrogen and oxygen atoms in total. The van der Waals surface area contributed by atoms with Crippen LogP contribution in [0.2, 0.25) is 0 Å². The minimum absolute atomic E-state index is 0.0828. The summed E-state index contributed by atoms with van der Waals surface area (Å²) in [6.07, 6.45) is 5.52. The van der Waals surface area contributed by atoms with Crippen molar-refractivity contribution >= 4 is 11.8 Å². The molecule has 1 saturated carbocycles. The molecule has 1 aliphatic rings. The van der Waals surface area contributed by atoms with Crippen LogP contribution in [0.1, 0.15) is 33.1 Å². The molecule has 0 bridgehead atoms. The van der Waals surface area contributed by atoms with Crippen LogP contribution in [0.25, 0.3) is 0 Å². The van der Waals surface area contributed by atoms with Crippen molar-refractivity contribution in [3.8, 4) is 0 Å². The van der Waals surface area contributed by atoms with Gasteiger partial charge in [0.25, 0.3) is 0 Å². The molecule has 1 aliphatic carbocycles.